The Bertz CT molecular complexity index is 1610. The minimum atomic E-state index is -4.61. The fourth-order valence-corrected chi connectivity index (χ4v) is 6.23. The van der Waals surface area contributed by atoms with Crippen LogP contribution >= 0.6 is 11.6 Å². The molecule has 0 bridgehead atoms. The van der Waals surface area contributed by atoms with E-state index in [1.54, 1.807) is 13.8 Å². The molecule has 0 fully saturated rings. The summed E-state index contributed by atoms with van der Waals surface area (Å²) in [5, 5.41) is 14.6. The summed E-state index contributed by atoms with van der Waals surface area (Å²) in [6.45, 7) is 6.53. The molecule has 0 heterocycles. The molecule has 0 saturated carbocycles. The van der Waals surface area contributed by atoms with Gasteiger partial charge in [0.1, 0.15) is 18.3 Å². The highest BCUT2D eigenvalue weighted by atomic mass is 35.5. The molecule has 3 aromatic carbocycles. The summed E-state index contributed by atoms with van der Waals surface area (Å²) in [7, 11) is -3.27. The minimum absolute atomic E-state index is 0.0394. The summed E-state index contributed by atoms with van der Waals surface area (Å²) in [6, 6.07) is 14.3. The summed E-state index contributed by atoms with van der Waals surface area (Å²) >= 11 is 6.26. The first-order valence-corrected chi connectivity index (χ1v) is 15.4. The van der Waals surface area contributed by atoms with Crippen LogP contribution in [0, 0.1) is 24.0 Å². The molecule has 3 rings (SSSR count). The van der Waals surface area contributed by atoms with Gasteiger partial charge in [0.2, 0.25) is 11.8 Å². The molecular formula is C30H35ClN4O7S. The van der Waals surface area contributed by atoms with Crippen LogP contribution in [0.4, 0.5) is 11.4 Å². The maximum absolute atomic E-state index is 14.2. The SMILES string of the molecule is CCNC(=O)[C@H](CC)N(Cc1ccccc1C)C(=O)CN(c1cc(Cl)ccc1OC)S(=O)(=O)c1ccc(C)c([N+](=O)[O-])c1. The maximum atomic E-state index is 14.2. The molecule has 43 heavy (non-hydrogen) atoms. The first kappa shape index (κ1) is 33.3. The van der Waals surface area contributed by atoms with Gasteiger partial charge < -0.3 is 15.0 Å². The second-order valence-corrected chi connectivity index (χ2v) is 12.1. The van der Waals surface area contributed by atoms with E-state index in [-0.39, 0.29) is 40.9 Å². The van der Waals surface area contributed by atoms with E-state index in [4.69, 9.17) is 16.3 Å². The number of anilines is 1. The van der Waals surface area contributed by atoms with Gasteiger partial charge in [-0.05, 0) is 62.6 Å². The molecule has 0 aliphatic carbocycles. The molecule has 11 nitrogen and oxygen atoms in total. The van der Waals surface area contributed by atoms with Crippen molar-refractivity contribution in [3.05, 3.63) is 92.5 Å². The van der Waals surface area contributed by atoms with Gasteiger partial charge >= 0.3 is 0 Å². The van der Waals surface area contributed by atoms with Crippen molar-refractivity contribution in [3.63, 3.8) is 0 Å². The van der Waals surface area contributed by atoms with Crippen molar-refractivity contribution in [2.45, 2.75) is 51.6 Å². The molecule has 13 heteroatoms. The number of nitro benzene ring substituents is 1. The standard InChI is InChI=1S/C30H35ClN4O7S/c1-6-25(30(37)32-7-2)33(18-22-11-9-8-10-20(22)3)29(36)19-34(27-16-23(31)13-15-28(27)42-5)43(40,41)24-14-12-21(4)26(17-24)35(38)39/h8-17,25H,6-7,18-19H2,1-5H3,(H,32,37)/t25-/m0/s1. The lowest BCUT2D eigenvalue weighted by atomic mass is 10.1. The number of carbonyl (C=O) groups excluding carboxylic acids is 2. The first-order chi connectivity index (χ1) is 20.3. The number of methoxy groups -OCH3 is 1. The van der Waals surface area contributed by atoms with Crippen molar-refractivity contribution in [1.29, 1.82) is 0 Å². The van der Waals surface area contributed by atoms with E-state index in [0.717, 1.165) is 21.5 Å². The Labute approximate surface area is 256 Å². The number of nitro groups is 1. The van der Waals surface area contributed by atoms with Crippen molar-refractivity contribution in [2.75, 3.05) is 24.5 Å². The van der Waals surface area contributed by atoms with Gasteiger partial charge in [-0.1, -0.05) is 48.9 Å². The van der Waals surface area contributed by atoms with Crippen LogP contribution in [0.3, 0.4) is 0 Å². The van der Waals surface area contributed by atoms with E-state index in [2.05, 4.69) is 5.32 Å². The molecule has 0 unspecified atom stereocenters. The van der Waals surface area contributed by atoms with Gasteiger partial charge in [0, 0.05) is 29.7 Å². The van der Waals surface area contributed by atoms with Gasteiger partial charge in [-0.15, -0.1) is 0 Å². The second kappa shape index (κ2) is 14.3. The third-order valence-corrected chi connectivity index (χ3v) is 8.98. The highest BCUT2D eigenvalue weighted by Gasteiger charge is 2.35. The van der Waals surface area contributed by atoms with E-state index < -0.39 is 44.0 Å². The highest BCUT2D eigenvalue weighted by Crippen LogP contribution is 2.36. The largest absolute Gasteiger partial charge is 0.495 e. The number of ether oxygens (including phenoxy) is 1. The zero-order valence-electron chi connectivity index (χ0n) is 24.7. The van der Waals surface area contributed by atoms with Crippen molar-refractivity contribution in [3.8, 4) is 5.75 Å². The lowest BCUT2D eigenvalue weighted by molar-refractivity contribution is -0.385. The quantitative estimate of drug-likeness (QED) is 0.207. The second-order valence-electron chi connectivity index (χ2n) is 9.80. The van der Waals surface area contributed by atoms with E-state index in [1.807, 2.05) is 31.2 Å². The molecule has 2 amide bonds. The number of hydrogen-bond donors (Lipinski definition) is 1. The predicted octanol–water partition coefficient (Wildman–Crippen LogP) is 5.01. The number of nitrogens with one attached hydrogen (secondary N) is 1. The number of carbonyl (C=O) groups is 2. The monoisotopic (exact) mass is 630 g/mol. The maximum Gasteiger partial charge on any atom is 0.273 e. The Morgan fingerprint density at radius 3 is 2.35 bits per heavy atom. The Balaban J connectivity index is 2.20. The zero-order chi connectivity index (χ0) is 31.9. The van der Waals surface area contributed by atoms with E-state index in [9.17, 15) is 28.1 Å². The number of sulfonamides is 1. The molecule has 1 N–H and O–H groups in total. The molecule has 230 valence electrons. The van der Waals surface area contributed by atoms with E-state index in [0.29, 0.717) is 6.54 Å². The smallest absolute Gasteiger partial charge is 0.273 e. The number of rotatable bonds is 13. The van der Waals surface area contributed by atoms with Gasteiger partial charge in [-0.2, -0.15) is 0 Å². The van der Waals surface area contributed by atoms with Crippen LogP contribution in [0.2, 0.25) is 5.02 Å². The van der Waals surface area contributed by atoms with Crippen molar-refractivity contribution >= 4 is 44.8 Å². The summed E-state index contributed by atoms with van der Waals surface area (Å²) in [6.07, 6.45) is 0.265. The summed E-state index contributed by atoms with van der Waals surface area (Å²) < 4.78 is 34.6. The van der Waals surface area contributed by atoms with E-state index >= 15 is 0 Å². The van der Waals surface area contributed by atoms with Gasteiger partial charge in [-0.25, -0.2) is 8.42 Å². The van der Waals surface area contributed by atoms with Crippen molar-refractivity contribution in [1.82, 2.24) is 10.2 Å². The Kier molecular flexibility index (Phi) is 11.1. The first-order valence-electron chi connectivity index (χ1n) is 13.6. The van der Waals surface area contributed by atoms with Crippen LogP contribution in [0.15, 0.2) is 65.6 Å². The molecule has 0 radical (unpaired) electrons. The van der Waals surface area contributed by atoms with Crippen molar-refractivity contribution in [2.24, 2.45) is 0 Å². The van der Waals surface area contributed by atoms with Gasteiger partial charge in [0.15, 0.2) is 0 Å². The topological polar surface area (TPSA) is 139 Å². The highest BCUT2D eigenvalue weighted by molar-refractivity contribution is 7.92. The lowest BCUT2D eigenvalue weighted by Crippen LogP contribution is -2.52. The molecular weight excluding hydrogens is 596 g/mol. The summed E-state index contributed by atoms with van der Waals surface area (Å²) in [4.78, 5) is 39.2. The fraction of sp³-hybridized carbons (Fsp3) is 0.333. The van der Waals surface area contributed by atoms with Gasteiger partial charge in [0.25, 0.3) is 15.7 Å². The molecule has 0 aromatic heterocycles. The van der Waals surface area contributed by atoms with Crippen molar-refractivity contribution < 1.29 is 27.7 Å². The number of nitrogens with zero attached hydrogens (tertiary/aromatic N) is 3. The molecule has 0 aliphatic rings. The van der Waals surface area contributed by atoms with E-state index in [1.165, 1.54) is 49.3 Å². The number of benzene rings is 3. The normalized spacial score (nSPS) is 11.9. The fourth-order valence-electron chi connectivity index (χ4n) is 4.63. The third-order valence-electron chi connectivity index (χ3n) is 6.99. The molecule has 0 aliphatic heterocycles. The molecule has 3 aromatic rings. The van der Waals surface area contributed by atoms with Crippen LogP contribution in [0.1, 0.15) is 37.0 Å². The van der Waals surface area contributed by atoms with Crippen LogP contribution in [0.25, 0.3) is 0 Å². The number of hydrogen-bond acceptors (Lipinski definition) is 7. The minimum Gasteiger partial charge on any atom is -0.495 e. The third kappa shape index (κ3) is 7.63. The van der Waals surface area contributed by atoms with Crippen LogP contribution < -0.4 is 14.4 Å². The number of amides is 2. The van der Waals surface area contributed by atoms with Crippen LogP contribution in [0.5, 0.6) is 5.75 Å². The molecule has 1 atom stereocenters. The average Bonchev–Trinajstić information content (AvgIpc) is 2.96. The Morgan fingerprint density at radius 1 is 1.05 bits per heavy atom. The summed E-state index contributed by atoms with van der Waals surface area (Å²) in [5.41, 5.74) is 1.49. The summed E-state index contributed by atoms with van der Waals surface area (Å²) in [5.74, 6) is -0.951. The Morgan fingerprint density at radius 2 is 1.74 bits per heavy atom. The van der Waals surface area contributed by atoms with Crippen LogP contribution in [-0.4, -0.2) is 56.3 Å². The van der Waals surface area contributed by atoms with Gasteiger partial charge in [0.05, 0.1) is 22.6 Å². The lowest BCUT2D eigenvalue weighted by Gasteiger charge is -2.33. The number of aryl methyl sites for hydroxylation is 2. The average molecular weight is 631 g/mol. The number of halogens is 1. The Hall–Kier alpha value is -4.16. The number of likely N-dealkylation sites (N-methyl/N-ethyl adjacent to an activating group) is 1. The zero-order valence-corrected chi connectivity index (χ0v) is 26.2. The molecule has 0 saturated heterocycles. The van der Waals surface area contributed by atoms with Gasteiger partial charge in [-0.3, -0.25) is 24.0 Å². The molecule has 0 spiro atoms. The van der Waals surface area contributed by atoms with Crippen LogP contribution in [-0.2, 0) is 26.2 Å². The predicted molar refractivity (Wildman–Crippen MR) is 165 cm³/mol.